The molecule has 1 saturated heterocycles. The summed E-state index contributed by atoms with van der Waals surface area (Å²) in [5, 5.41) is 3.03. The normalized spacial score (nSPS) is 23.3. The molecule has 1 heterocycles. The number of ether oxygens (including phenoxy) is 1. The molecule has 136 valence electrons. The van der Waals surface area contributed by atoms with Gasteiger partial charge in [-0.2, -0.15) is 0 Å². The van der Waals surface area contributed by atoms with E-state index < -0.39 is 0 Å². The number of hydrogen-bond donors (Lipinski definition) is 1. The van der Waals surface area contributed by atoms with E-state index in [0.717, 1.165) is 62.9 Å². The van der Waals surface area contributed by atoms with Crippen molar-refractivity contribution in [1.82, 2.24) is 10.2 Å². The molecule has 0 radical (unpaired) electrons. The molecule has 0 spiro atoms. The molecule has 5 heteroatoms. The Labute approximate surface area is 149 Å². The van der Waals surface area contributed by atoms with Gasteiger partial charge >= 0.3 is 0 Å². The van der Waals surface area contributed by atoms with E-state index in [1.54, 1.807) is 7.11 Å². The van der Waals surface area contributed by atoms with Crippen LogP contribution in [0, 0.1) is 11.8 Å². The van der Waals surface area contributed by atoms with Gasteiger partial charge in [0.05, 0.1) is 7.11 Å². The highest BCUT2D eigenvalue weighted by Crippen LogP contribution is 2.32. The van der Waals surface area contributed by atoms with Crippen LogP contribution in [0.1, 0.15) is 44.1 Å². The average Bonchev–Trinajstić information content (AvgIpc) is 3.20. The molecule has 1 N–H and O–H groups in total. The van der Waals surface area contributed by atoms with E-state index in [2.05, 4.69) is 5.32 Å². The number of nitrogens with zero attached hydrogens (tertiary/aromatic N) is 1. The van der Waals surface area contributed by atoms with Crippen LogP contribution in [0.4, 0.5) is 0 Å². The molecule has 3 rings (SSSR count). The van der Waals surface area contributed by atoms with Crippen LogP contribution < -0.4 is 10.1 Å². The van der Waals surface area contributed by atoms with Crippen molar-refractivity contribution in [1.29, 1.82) is 0 Å². The Bertz CT molecular complexity index is 611. The van der Waals surface area contributed by atoms with Crippen molar-refractivity contribution in [3.05, 3.63) is 29.8 Å². The van der Waals surface area contributed by atoms with Crippen LogP contribution in [-0.2, 0) is 16.1 Å². The van der Waals surface area contributed by atoms with E-state index in [0.29, 0.717) is 6.54 Å². The molecule has 1 aromatic rings. The minimum Gasteiger partial charge on any atom is -0.496 e. The Morgan fingerprint density at radius 1 is 1.08 bits per heavy atom. The number of benzene rings is 1. The number of methoxy groups -OCH3 is 1. The number of hydrogen-bond acceptors (Lipinski definition) is 3. The Morgan fingerprint density at radius 2 is 1.76 bits per heavy atom. The maximum Gasteiger partial charge on any atom is 0.226 e. The fourth-order valence-electron chi connectivity index (χ4n) is 4.07. The summed E-state index contributed by atoms with van der Waals surface area (Å²) in [4.78, 5) is 27.5. The summed E-state index contributed by atoms with van der Waals surface area (Å²) in [5.74, 6) is 0.620. The van der Waals surface area contributed by atoms with Gasteiger partial charge in [0, 0.05) is 37.0 Å². The molecular weight excluding hydrogens is 316 g/mol. The molecule has 1 aliphatic carbocycles. The Hall–Kier alpha value is -2.04. The van der Waals surface area contributed by atoms with Gasteiger partial charge in [-0.05, 0) is 31.7 Å². The van der Waals surface area contributed by atoms with Crippen LogP contribution in [0.2, 0.25) is 0 Å². The van der Waals surface area contributed by atoms with Crippen LogP contribution in [0.15, 0.2) is 24.3 Å². The van der Waals surface area contributed by atoms with E-state index >= 15 is 0 Å². The van der Waals surface area contributed by atoms with Crippen LogP contribution in [0.5, 0.6) is 5.75 Å². The van der Waals surface area contributed by atoms with Crippen molar-refractivity contribution in [3.63, 3.8) is 0 Å². The Morgan fingerprint density at radius 3 is 2.48 bits per heavy atom. The highest BCUT2D eigenvalue weighted by atomic mass is 16.5. The number of nitrogens with one attached hydrogen (secondary N) is 1. The van der Waals surface area contributed by atoms with Crippen molar-refractivity contribution >= 4 is 11.8 Å². The summed E-state index contributed by atoms with van der Waals surface area (Å²) in [6.07, 6.45) is 5.88. The SMILES string of the molecule is COc1ccccc1CNC(=O)[C@H]1CCCC[C@@H]1C(=O)N1CCCC1. The first-order valence-electron chi connectivity index (χ1n) is 9.39. The highest BCUT2D eigenvalue weighted by molar-refractivity contribution is 5.88. The predicted molar refractivity (Wildman–Crippen MR) is 96.1 cm³/mol. The monoisotopic (exact) mass is 344 g/mol. The first-order chi connectivity index (χ1) is 12.2. The highest BCUT2D eigenvalue weighted by Gasteiger charge is 2.38. The van der Waals surface area contributed by atoms with Gasteiger partial charge < -0.3 is 15.0 Å². The van der Waals surface area contributed by atoms with Crippen LogP contribution >= 0.6 is 0 Å². The van der Waals surface area contributed by atoms with Gasteiger partial charge in [0.1, 0.15) is 5.75 Å². The maximum absolute atomic E-state index is 12.8. The van der Waals surface area contributed by atoms with Crippen molar-refractivity contribution in [2.75, 3.05) is 20.2 Å². The van der Waals surface area contributed by atoms with Crippen molar-refractivity contribution in [2.45, 2.75) is 45.1 Å². The summed E-state index contributed by atoms with van der Waals surface area (Å²) >= 11 is 0. The second-order valence-electron chi connectivity index (χ2n) is 7.06. The van der Waals surface area contributed by atoms with Crippen molar-refractivity contribution in [2.24, 2.45) is 11.8 Å². The second-order valence-corrected chi connectivity index (χ2v) is 7.06. The summed E-state index contributed by atoms with van der Waals surface area (Å²) in [7, 11) is 1.63. The standard InChI is InChI=1S/C20H28N2O3/c1-25-18-11-5-2-8-15(18)14-21-19(23)16-9-3-4-10-17(16)20(24)22-12-6-7-13-22/h2,5,8,11,16-17H,3-4,6-7,9-10,12-14H2,1H3,(H,21,23)/t16-,17-/m0/s1. The van der Waals surface area contributed by atoms with E-state index in [-0.39, 0.29) is 23.7 Å². The fraction of sp³-hybridized carbons (Fsp3) is 0.600. The lowest BCUT2D eigenvalue weighted by Gasteiger charge is -2.32. The third kappa shape index (κ3) is 4.14. The smallest absolute Gasteiger partial charge is 0.226 e. The van der Waals surface area contributed by atoms with Crippen LogP contribution in [0.25, 0.3) is 0 Å². The average molecular weight is 344 g/mol. The lowest BCUT2D eigenvalue weighted by atomic mass is 9.78. The number of amides is 2. The molecule has 2 aliphatic rings. The van der Waals surface area contributed by atoms with E-state index in [1.165, 1.54) is 0 Å². The fourth-order valence-corrected chi connectivity index (χ4v) is 4.07. The van der Waals surface area contributed by atoms with Crippen molar-refractivity contribution in [3.8, 4) is 5.75 Å². The Kier molecular flexibility index (Phi) is 5.95. The summed E-state index contributed by atoms with van der Waals surface area (Å²) in [6, 6.07) is 7.69. The van der Waals surface area contributed by atoms with Crippen LogP contribution in [-0.4, -0.2) is 36.9 Å². The zero-order valence-corrected chi connectivity index (χ0v) is 15.0. The van der Waals surface area contributed by atoms with Gasteiger partial charge in [-0.3, -0.25) is 9.59 Å². The zero-order chi connectivity index (χ0) is 17.6. The molecule has 0 unspecified atom stereocenters. The first-order valence-corrected chi connectivity index (χ1v) is 9.39. The molecule has 25 heavy (non-hydrogen) atoms. The molecule has 0 aromatic heterocycles. The van der Waals surface area contributed by atoms with Crippen LogP contribution in [0.3, 0.4) is 0 Å². The Balaban J connectivity index is 1.63. The topological polar surface area (TPSA) is 58.6 Å². The van der Waals surface area contributed by atoms with Gasteiger partial charge in [-0.1, -0.05) is 31.0 Å². The number of para-hydroxylation sites is 1. The summed E-state index contributed by atoms with van der Waals surface area (Å²) < 4.78 is 5.34. The van der Waals surface area contributed by atoms with E-state index in [9.17, 15) is 9.59 Å². The van der Waals surface area contributed by atoms with E-state index in [4.69, 9.17) is 4.74 Å². The molecule has 2 atom stereocenters. The number of rotatable bonds is 5. The second kappa shape index (κ2) is 8.37. The number of likely N-dealkylation sites (tertiary alicyclic amines) is 1. The predicted octanol–water partition coefficient (Wildman–Crippen LogP) is 2.74. The lowest BCUT2D eigenvalue weighted by Crippen LogP contribution is -2.44. The lowest BCUT2D eigenvalue weighted by molar-refractivity contribution is -0.142. The molecule has 2 amide bonds. The molecule has 1 saturated carbocycles. The minimum atomic E-state index is -0.198. The quantitative estimate of drug-likeness (QED) is 0.893. The van der Waals surface area contributed by atoms with Crippen molar-refractivity contribution < 1.29 is 14.3 Å². The number of carbonyl (C=O) groups excluding carboxylic acids is 2. The van der Waals surface area contributed by atoms with Gasteiger partial charge in [-0.25, -0.2) is 0 Å². The summed E-state index contributed by atoms with van der Waals surface area (Å²) in [5.41, 5.74) is 0.955. The van der Waals surface area contributed by atoms with Gasteiger partial charge in [0.15, 0.2) is 0 Å². The van der Waals surface area contributed by atoms with E-state index in [1.807, 2.05) is 29.2 Å². The van der Waals surface area contributed by atoms with Gasteiger partial charge in [-0.15, -0.1) is 0 Å². The van der Waals surface area contributed by atoms with Gasteiger partial charge in [0.25, 0.3) is 0 Å². The molecule has 1 aromatic carbocycles. The maximum atomic E-state index is 12.8. The number of carbonyl (C=O) groups is 2. The third-order valence-electron chi connectivity index (χ3n) is 5.48. The molecular formula is C20H28N2O3. The minimum absolute atomic E-state index is 0.00292. The third-order valence-corrected chi connectivity index (χ3v) is 5.48. The first kappa shape index (κ1) is 17.8. The summed E-state index contributed by atoms with van der Waals surface area (Å²) in [6.45, 7) is 2.14. The zero-order valence-electron chi connectivity index (χ0n) is 15.0. The largest absolute Gasteiger partial charge is 0.496 e. The van der Waals surface area contributed by atoms with Gasteiger partial charge in [0.2, 0.25) is 11.8 Å². The molecule has 2 fully saturated rings. The molecule has 0 bridgehead atoms. The molecule has 1 aliphatic heterocycles. The molecule has 5 nitrogen and oxygen atoms in total.